The van der Waals surface area contributed by atoms with Crippen LogP contribution in [-0.4, -0.2) is 33.8 Å². The lowest BCUT2D eigenvalue weighted by atomic mass is 10.2. The zero-order chi connectivity index (χ0) is 14.9. The Labute approximate surface area is 115 Å². The van der Waals surface area contributed by atoms with Gasteiger partial charge in [-0.05, 0) is 25.3 Å². The first-order valence-electron chi connectivity index (χ1n) is 6.25. The SMILES string of the molecule is Cc1cc(=O)n(C)cc1NC(=O)[C@@H]1CC[C@H](C(=O)O)O1. The van der Waals surface area contributed by atoms with Crippen LogP contribution in [0.2, 0.25) is 0 Å². The van der Waals surface area contributed by atoms with E-state index in [0.717, 1.165) is 0 Å². The lowest BCUT2D eigenvalue weighted by Crippen LogP contribution is -2.30. The van der Waals surface area contributed by atoms with Crippen molar-refractivity contribution in [3.63, 3.8) is 0 Å². The highest BCUT2D eigenvalue weighted by molar-refractivity contribution is 5.95. The predicted molar refractivity (Wildman–Crippen MR) is 70.6 cm³/mol. The summed E-state index contributed by atoms with van der Waals surface area (Å²) in [5.41, 5.74) is 0.997. The first kappa shape index (κ1) is 14.3. The molecule has 0 aromatic carbocycles. The standard InChI is InChI=1S/C13H16N2O5/c1-7-5-11(16)15(2)6-8(7)14-12(17)9-3-4-10(20-9)13(18)19/h5-6,9-10H,3-4H2,1-2H3,(H,14,17)(H,18,19)/t9-,10+/m0/s1. The van der Waals surface area contributed by atoms with Crippen LogP contribution >= 0.6 is 0 Å². The third kappa shape index (κ3) is 2.88. The molecule has 7 nitrogen and oxygen atoms in total. The summed E-state index contributed by atoms with van der Waals surface area (Å²) in [7, 11) is 1.59. The van der Waals surface area contributed by atoms with Gasteiger partial charge in [0.2, 0.25) is 0 Å². The van der Waals surface area contributed by atoms with E-state index in [1.807, 2.05) is 0 Å². The molecule has 2 N–H and O–H groups in total. The molecule has 1 amide bonds. The third-order valence-corrected chi connectivity index (χ3v) is 3.28. The van der Waals surface area contributed by atoms with Crippen LogP contribution in [0.25, 0.3) is 0 Å². The maximum Gasteiger partial charge on any atom is 0.332 e. The highest BCUT2D eigenvalue weighted by atomic mass is 16.5. The smallest absolute Gasteiger partial charge is 0.332 e. The van der Waals surface area contributed by atoms with Gasteiger partial charge in [-0.1, -0.05) is 0 Å². The minimum absolute atomic E-state index is 0.163. The summed E-state index contributed by atoms with van der Waals surface area (Å²) >= 11 is 0. The Hall–Kier alpha value is -2.15. The molecule has 0 bridgehead atoms. The average Bonchev–Trinajstić information content (AvgIpc) is 2.85. The van der Waals surface area contributed by atoms with Crippen molar-refractivity contribution >= 4 is 17.6 Å². The number of amides is 1. The molecule has 1 aliphatic rings. The van der Waals surface area contributed by atoms with Crippen LogP contribution in [0.5, 0.6) is 0 Å². The summed E-state index contributed by atoms with van der Waals surface area (Å²) < 4.78 is 6.53. The van der Waals surface area contributed by atoms with E-state index in [2.05, 4.69) is 5.32 Å². The number of pyridine rings is 1. The fourth-order valence-electron chi connectivity index (χ4n) is 2.08. The van der Waals surface area contributed by atoms with Crippen LogP contribution in [0, 0.1) is 6.92 Å². The lowest BCUT2D eigenvalue weighted by Gasteiger charge is -2.14. The normalized spacial score (nSPS) is 21.7. The van der Waals surface area contributed by atoms with Gasteiger partial charge < -0.3 is 19.7 Å². The molecule has 1 aromatic rings. The van der Waals surface area contributed by atoms with Crippen LogP contribution in [-0.2, 0) is 21.4 Å². The van der Waals surface area contributed by atoms with E-state index in [-0.39, 0.29) is 5.56 Å². The average molecular weight is 280 g/mol. The molecule has 2 atom stereocenters. The molecule has 0 spiro atoms. The topological polar surface area (TPSA) is 97.6 Å². The van der Waals surface area contributed by atoms with Crippen LogP contribution in [0.3, 0.4) is 0 Å². The molecule has 2 heterocycles. The maximum absolute atomic E-state index is 12.0. The van der Waals surface area contributed by atoms with E-state index < -0.39 is 24.1 Å². The molecule has 0 radical (unpaired) electrons. The Morgan fingerprint density at radius 2 is 2.05 bits per heavy atom. The van der Waals surface area contributed by atoms with Crippen LogP contribution < -0.4 is 10.9 Å². The second kappa shape index (κ2) is 5.46. The number of hydrogen-bond acceptors (Lipinski definition) is 4. The molecule has 7 heteroatoms. The van der Waals surface area contributed by atoms with Gasteiger partial charge in [0.25, 0.3) is 11.5 Å². The number of rotatable bonds is 3. The number of carboxylic acid groups (broad SMARTS) is 1. The summed E-state index contributed by atoms with van der Waals surface area (Å²) in [6.45, 7) is 1.71. The summed E-state index contributed by atoms with van der Waals surface area (Å²) in [6.07, 6.45) is 0.520. The zero-order valence-corrected chi connectivity index (χ0v) is 11.3. The number of hydrogen-bond donors (Lipinski definition) is 2. The third-order valence-electron chi connectivity index (χ3n) is 3.28. The van der Waals surface area contributed by atoms with Crippen molar-refractivity contribution in [2.75, 3.05) is 5.32 Å². The first-order chi connectivity index (χ1) is 9.38. The first-order valence-corrected chi connectivity index (χ1v) is 6.25. The fourth-order valence-corrected chi connectivity index (χ4v) is 2.08. The van der Waals surface area contributed by atoms with Crippen LogP contribution in [0.4, 0.5) is 5.69 Å². The van der Waals surface area contributed by atoms with E-state index >= 15 is 0 Å². The Morgan fingerprint density at radius 1 is 1.40 bits per heavy atom. The van der Waals surface area contributed by atoms with Gasteiger partial charge in [0.15, 0.2) is 6.10 Å². The number of carbonyl (C=O) groups excluding carboxylic acids is 1. The number of carboxylic acids is 1. The van der Waals surface area contributed by atoms with Gasteiger partial charge in [-0.3, -0.25) is 9.59 Å². The minimum atomic E-state index is -1.06. The summed E-state index contributed by atoms with van der Waals surface area (Å²) in [6, 6.07) is 1.42. The van der Waals surface area contributed by atoms with Crippen LogP contribution in [0.1, 0.15) is 18.4 Å². The van der Waals surface area contributed by atoms with E-state index in [1.54, 1.807) is 14.0 Å². The van der Waals surface area contributed by atoms with Gasteiger partial charge in [0.05, 0.1) is 5.69 Å². The predicted octanol–water partition coefficient (Wildman–Crippen LogP) is 0.264. The molecule has 1 fully saturated rings. The largest absolute Gasteiger partial charge is 0.479 e. The van der Waals surface area contributed by atoms with Crippen molar-refractivity contribution in [3.8, 4) is 0 Å². The van der Waals surface area contributed by atoms with Crippen molar-refractivity contribution < 1.29 is 19.4 Å². The van der Waals surface area contributed by atoms with Gasteiger partial charge in [0.1, 0.15) is 6.10 Å². The van der Waals surface area contributed by atoms with Gasteiger partial charge >= 0.3 is 5.97 Å². The van der Waals surface area contributed by atoms with Crippen molar-refractivity contribution in [2.45, 2.75) is 32.0 Å². The lowest BCUT2D eigenvalue weighted by molar-refractivity contribution is -0.150. The van der Waals surface area contributed by atoms with E-state index in [4.69, 9.17) is 9.84 Å². The maximum atomic E-state index is 12.0. The fraction of sp³-hybridized carbons (Fsp3) is 0.462. The van der Waals surface area contributed by atoms with Crippen molar-refractivity contribution in [1.82, 2.24) is 4.57 Å². The number of aliphatic carboxylic acids is 1. The number of aromatic nitrogens is 1. The quantitative estimate of drug-likeness (QED) is 0.828. The van der Waals surface area contributed by atoms with E-state index in [9.17, 15) is 14.4 Å². The molecule has 1 aliphatic heterocycles. The molecule has 0 aliphatic carbocycles. The van der Waals surface area contributed by atoms with E-state index in [1.165, 1.54) is 16.8 Å². The molecule has 108 valence electrons. The molecular weight excluding hydrogens is 264 g/mol. The number of anilines is 1. The van der Waals surface area contributed by atoms with Gasteiger partial charge in [0, 0.05) is 19.3 Å². The summed E-state index contributed by atoms with van der Waals surface area (Å²) in [5, 5.41) is 11.5. The molecule has 2 rings (SSSR count). The van der Waals surface area contributed by atoms with Crippen molar-refractivity contribution in [2.24, 2.45) is 7.05 Å². The zero-order valence-electron chi connectivity index (χ0n) is 11.3. The molecular formula is C13H16N2O5. The Bertz CT molecular complexity index is 607. The van der Waals surface area contributed by atoms with Crippen LogP contribution in [0.15, 0.2) is 17.1 Å². The van der Waals surface area contributed by atoms with Gasteiger partial charge in [-0.15, -0.1) is 0 Å². The molecule has 1 aromatic heterocycles. The number of nitrogens with one attached hydrogen (secondary N) is 1. The highest BCUT2D eigenvalue weighted by Gasteiger charge is 2.34. The Morgan fingerprint density at radius 3 is 2.65 bits per heavy atom. The minimum Gasteiger partial charge on any atom is -0.479 e. The summed E-state index contributed by atoms with van der Waals surface area (Å²) in [4.78, 5) is 34.2. The van der Waals surface area contributed by atoms with Gasteiger partial charge in [-0.2, -0.15) is 0 Å². The van der Waals surface area contributed by atoms with Gasteiger partial charge in [-0.25, -0.2) is 4.79 Å². The second-order valence-electron chi connectivity index (χ2n) is 4.84. The monoisotopic (exact) mass is 280 g/mol. The molecule has 20 heavy (non-hydrogen) atoms. The second-order valence-corrected chi connectivity index (χ2v) is 4.84. The number of ether oxygens (including phenoxy) is 1. The highest BCUT2D eigenvalue weighted by Crippen LogP contribution is 2.21. The number of nitrogens with zero attached hydrogens (tertiary/aromatic N) is 1. The number of carbonyl (C=O) groups is 2. The molecule has 1 saturated heterocycles. The Balaban J connectivity index is 2.08. The van der Waals surface area contributed by atoms with E-state index in [0.29, 0.717) is 24.1 Å². The van der Waals surface area contributed by atoms with Crippen molar-refractivity contribution in [1.29, 1.82) is 0 Å². The Kier molecular flexibility index (Phi) is 3.89. The van der Waals surface area contributed by atoms with Crippen molar-refractivity contribution in [3.05, 3.63) is 28.2 Å². The number of aryl methyl sites for hydroxylation is 2. The molecule has 0 unspecified atom stereocenters. The summed E-state index contributed by atoms with van der Waals surface area (Å²) in [5.74, 6) is -1.45. The molecule has 0 saturated carbocycles.